The molecule has 0 aliphatic heterocycles. The summed E-state index contributed by atoms with van der Waals surface area (Å²) >= 11 is 11.9. The standard InChI is InChI=1S/C17H12Cl2N2O4/c1-9(16(22)21-13-4-2-3-11(18)15(13)19)25-17(23)10-5-6-12-14(7-10)24-8-20-12/h2-9H,1H3,(H,21,22). The number of nitrogens with one attached hydrogen (secondary N) is 1. The molecule has 1 heterocycles. The summed E-state index contributed by atoms with van der Waals surface area (Å²) in [5.74, 6) is -1.18. The highest BCUT2D eigenvalue weighted by molar-refractivity contribution is 6.44. The van der Waals surface area contributed by atoms with Gasteiger partial charge in [-0.15, -0.1) is 0 Å². The van der Waals surface area contributed by atoms with Gasteiger partial charge in [0.1, 0.15) is 5.52 Å². The van der Waals surface area contributed by atoms with Gasteiger partial charge < -0.3 is 14.5 Å². The molecule has 0 spiro atoms. The third kappa shape index (κ3) is 3.75. The normalized spacial score (nSPS) is 12.0. The van der Waals surface area contributed by atoms with E-state index in [1.165, 1.54) is 19.4 Å². The third-order valence-electron chi connectivity index (χ3n) is 3.43. The van der Waals surface area contributed by atoms with Crippen LogP contribution in [0.25, 0.3) is 11.1 Å². The number of amides is 1. The lowest BCUT2D eigenvalue weighted by atomic mass is 10.2. The predicted molar refractivity (Wildman–Crippen MR) is 94.0 cm³/mol. The second-order valence-electron chi connectivity index (χ2n) is 5.17. The molecule has 1 amide bonds. The molecule has 0 bridgehead atoms. The Morgan fingerprint density at radius 1 is 1.24 bits per heavy atom. The molecule has 25 heavy (non-hydrogen) atoms. The number of ether oxygens (including phenoxy) is 1. The van der Waals surface area contributed by atoms with Crippen LogP contribution in [0, 0.1) is 0 Å². The molecule has 1 unspecified atom stereocenters. The number of fused-ring (bicyclic) bond motifs is 1. The van der Waals surface area contributed by atoms with Crippen LogP contribution >= 0.6 is 23.2 Å². The van der Waals surface area contributed by atoms with Crippen LogP contribution in [-0.4, -0.2) is 23.0 Å². The van der Waals surface area contributed by atoms with E-state index in [9.17, 15) is 9.59 Å². The number of anilines is 1. The first-order chi connectivity index (χ1) is 12.0. The second kappa shape index (κ2) is 7.13. The van der Waals surface area contributed by atoms with E-state index >= 15 is 0 Å². The summed E-state index contributed by atoms with van der Waals surface area (Å²) in [6.45, 7) is 1.46. The summed E-state index contributed by atoms with van der Waals surface area (Å²) in [4.78, 5) is 28.3. The Kier molecular flexibility index (Phi) is 4.92. The Morgan fingerprint density at radius 3 is 2.84 bits per heavy atom. The fourth-order valence-electron chi connectivity index (χ4n) is 2.10. The molecule has 6 nitrogen and oxygen atoms in total. The Labute approximate surface area is 152 Å². The van der Waals surface area contributed by atoms with Crippen LogP contribution in [0.1, 0.15) is 17.3 Å². The highest BCUT2D eigenvalue weighted by Gasteiger charge is 2.20. The second-order valence-corrected chi connectivity index (χ2v) is 5.96. The number of esters is 1. The number of nitrogens with zero attached hydrogens (tertiary/aromatic N) is 1. The van der Waals surface area contributed by atoms with Crippen LogP contribution in [0.3, 0.4) is 0 Å². The van der Waals surface area contributed by atoms with Crippen LogP contribution < -0.4 is 5.32 Å². The van der Waals surface area contributed by atoms with E-state index in [-0.39, 0.29) is 10.6 Å². The van der Waals surface area contributed by atoms with Crippen LogP contribution in [0.5, 0.6) is 0 Å². The van der Waals surface area contributed by atoms with Crippen LogP contribution in [0.4, 0.5) is 5.69 Å². The van der Waals surface area contributed by atoms with Gasteiger partial charge in [0.15, 0.2) is 18.1 Å². The summed E-state index contributed by atoms with van der Waals surface area (Å²) in [5.41, 5.74) is 1.67. The zero-order valence-electron chi connectivity index (χ0n) is 13.0. The Hall–Kier alpha value is -2.57. The molecule has 0 saturated heterocycles. The average molecular weight is 379 g/mol. The maximum absolute atomic E-state index is 12.2. The number of aromatic nitrogens is 1. The molecular weight excluding hydrogens is 367 g/mol. The minimum Gasteiger partial charge on any atom is -0.449 e. The molecule has 0 fully saturated rings. The topological polar surface area (TPSA) is 81.4 Å². The van der Waals surface area contributed by atoms with Crippen molar-refractivity contribution in [1.29, 1.82) is 0 Å². The van der Waals surface area contributed by atoms with Crippen molar-refractivity contribution in [2.24, 2.45) is 0 Å². The molecule has 1 N–H and O–H groups in total. The van der Waals surface area contributed by atoms with E-state index in [1.807, 2.05) is 0 Å². The summed E-state index contributed by atoms with van der Waals surface area (Å²) in [7, 11) is 0. The monoisotopic (exact) mass is 378 g/mol. The largest absolute Gasteiger partial charge is 0.449 e. The van der Waals surface area contributed by atoms with Gasteiger partial charge in [-0.05, 0) is 37.3 Å². The molecule has 0 aliphatic rings. The fourth-order valence-corrected chi connectivity index (χ4v) is 2.45. The molecule has 0 saturated carbocycles. The predicted octanol–water partition coefficient (Wildman–Crippen LogP) is 4.32. The van der Waals surface area contributed by atoms with Crippen molar-refractivity contribution in [1.82, 2.24) is 4.98 Å². The number of hydrogen-bond acceptors (Lipinski definition) is 5. The summed E-state index contributed by atoms with van der Waals surface area (Å²) in [6.07, 6.45) is 0.248. The molecule has 8 heteroatoms. The average Bonchev–Trinajstić information content (AvgIpc) is 3.06. The molecule has 1 atom stereocenters. The molecular formula is C17H12Cl2N2O4. The van der Waals surface area contributed by atoms with Crippen molar-refractivity contribution in [3.05, 3.63) is 58.4 Å². The van der Waals surface area contributed by atoms with Gasteiger partial charge in [-0.3, -0.25) is 4.79 Å². The van der Waals surface area contributed by atoms with Crippen LogP contribution in [0.15, 0.2) is 47.2 Å². The summed E-state index contributed by atoms with van der Waals surface area (Å²) in [6, 6.07) is 9.52. The lowest BCUT2D eigenvalue weighted by molar-refractivity contribution is -0.123. The van der Waals surface area contributed by atoms with Gasteiger partial charge in [-0.25, -0.2) is 9.78 Å². The number of rotatable bonds is 4. The summed E-state index contributed by atoms with van der Waals surface area (Å²) < 4.78 is 10.3. The third-order valence-corrected chi connectivity index (χ3v) is 4.25. The van der Waals surface area contributed by atoms with Crippen LogP contribution in [-0.2, 0) is 9.53 Å². The Morgan fingerprint density at radius 2 is 2.04 bits per heavy atom. The maximum atomic E-state index is 12.2. The lowest BCUT2D eigenvalue weighted by Crippen LogP contribution is -2.30. The Balaban J connectivity index is 1.68. The van der Waals surface area contributed by atoms with Gasteiger partial charge in [0, 0.05) is 0 Å². The molecule has 128 valence electrons. The highest BCUT2D eigenvalue weighted by Crippen LogP contribution is 2.29. The van der Waals surface area contributed by atoms with Gasteiger partial charge in [-0.2, -0.15) is 0 Å². The summed E-state index contributed by atoms with van der Waals surface area (Å²) in [5, 5.41) is 3.10. The quantitative estimate of drug-likeness (QED) is 0.683. The van der Waals surface area contributed by atoms with Gasteiger partial charge in [0.05, 0.1) is 21.3 Å². The van der Waals surface area contributed by atoms with Crippen molar-refractivity contribution in [3.63, 3.8) is 0 Å². The molecule has 3 aromatic rings. The number of oxazole rings is 1. The number of hydrogen-bond donors (Lipinski definition) is 1. The molecule has 1 aromatic heterocycles. The fraction of sp³-hybridized carbons (Fsp3) is 0.118. The van der Waals surface area contributed by atoms with Gasteiger partial charge in [0.2, 0.25) is 0 Å². The minimum absolute atomic E-state index is 0.215. The SMILES string of the molecule is CC(OC(=O)c1ccc2ncoc2c1)C(=O)Nc1cccc(Cl)c1Cl. The molecule has 2 aromatic carbocycles. The van der Waals surface area contributed by atoms with Gasteiger partial charge in [0.25, 0.3) is 5.91 Å². The lowest BCUT2D eigenvalue weighted by Gasteiger charge is -2.14. The number of carbonyl (C=O) groups excluding carboxylic acids is 2. The first-order valence-electron chi connectivity index (χ1n) is 7.25. The zero-order valence-corrected chi connectivity index (χ0v) is 14.5. The van der Waals surface area contributed by atoms with Crippen molar-refractivity contribution in [3.8, 4) is 0 Å². The smallest absolute Gasteiger partial charge is 0.339 e. The van der Waals surface area contributed by atoms with E-state index in [4.69, 9.17) is 32.4 Å². The van der Waals surface area contributed by atoms with Crippen molar-refractivity contribution in [2.75, 3.05) is 5.32 Å². The van der Waals surface area contributed by atoms with Gasteiger partial charge in [-0.1, -0.05) is 29.3 Å². The molecule has 0 aliphatic carbocycles. The Bertz CT molecular complexity index is 955. The minimum atomic E-state index is -1.03. The van der Waals surface area contributed by atoms with E-state index in [0.717, 1.165) is 0 Å². The first kappa shape index (κ1) is 17.3. The van der Waals surface area contributed by atoms with E-state index in [2.05, 4.69) is 10.3 Å². The highest BCUT2D eigenvalue weighted by atomic mass is 35.5. The van der Waals surface area contributed by atoms with E-state index < -0.39 is 18.0 Å². The van der Waals surface area contributed by atoms with Gasteiger partial charge >= 0.3 is 5.97 Å². The van der Waals surface area contributed by atoms with Crippen molar-refractivity contribution >= 4 is 51.9 Å². The van der Waals surface area contributed by atoms with E-state index in [0.29, 0.717) is 21.8 Å². The molecule has 3 rings (SSSR count). The van der Waals surface area contributed by atoms with Crippen molar-refractivity contribution in [2.45, 2.75) is 13.0 Å². The van der Waals surface area contributed by atoms with Crippen molar-refractivity contribution < 1.29 is 18.7 Å². The number of benzene rings is 2. The molecule has 0 radical (unpaired) electrons. The zero-order chi connectivity index (χ0) is 18.0. The van der Waals surface area contributed by atoms with Crippen LogP contribution in [0.2, 0.25) is 10.0 Å². The maximum Gasteiger partial charge on any atom is 0.339 e. The number of carbonyl (C=O) groups is 2. The first-order valence-corrected chi connectivity index (χ1v) is 8.00. The van der Waals surface area contributed by atoms with E-state index in [1.54, 1.807) is 30.3 Å². The number of halogens is 2.